The summed E-state index contributed by atoms with van der Waals surface area (Å²) in [5.41, 5.74) is 3.73. The number of nitro benzene ring substituents is 1. The Bertz CT molecular complexity index is 895. The van der Waals surface area contributed by atoms with Gasteiger partial charge in [0, 0.05) is 36.2 Å². The predicted molar refractivity (Wildman–Crippen MR) is 99.5 cm³/mol. The smallest absolute Gasteiger partial charge is 0.270 e. The lowest BCUT2D eigenvalue weighted by Crippen LogP contribution is -2.20. The number of nitrogens with zero attached hydrogens (tertiary/aromatic N) is 2. The molecule has 0 aliphatic carbocycles. The minimum atomic E-state index is -0.609. The normalized spacial score (nSPS) is 10.6. The average molecular weight is 370 g/mol. The van der Waals surface area contributed by atoms with Gasteiger partial charge in [-0.2, -0.15) is 5.10 Å². The summed E-state index contributed by atoms with van der Waals surface area (Å²) < 4.78 is 0. The Morgan fingerprint density at radius 1 is 1.19 bits per heavy atom. The maximum Gasteiger partial charge on any atom is 0.270 e. The van der Waals surface area contributed by atoms with Crippen LogP contribution in [-0.2, 0) is 9.59 Å². The highest BCUT2D eigenvalue weighted by molar-refractivity contribution is 5.93. The van der Waals surface area contributed by atoms with Crippen molar-refractivity contribution in [2.75, 3.05) is 5.32 Å². The van der Waals surface area contributed by atoms with E-state index in [-0.39, 0.29) is 35.7 Å². The maximum atomic E-state index is 11.8. The zero-order chi connectivity index (χ0) is 19.8. The number of benzene rings is 2. The lowest BCUT2D eigenvalue weighted by atomic mass is 10.2. The highest BCUT2D eigenvalue weighted by Crippen LogP contribution is 2.21. The van der Waals surface area contributed by atoms with Gasteiger partial charge in [-0.1, -0.05) is 12.1 Å². The number of amides is 2. The highest BCUT2D eigenvalue weighted by atomic mass is 16.6. The summed E-state index contributed by atoms with van der Waals surface area (Å²) in [6.45, 7) is 1.90. The van der Waals surface area contributed by atoms with Crippen molar-refractivity contribution >= 4 is 29.4 Å². The van der Waals surface area contributed by atoms with Crippen LogP contribution in [0.1, 0.15) is 24.0 Å². The standard InChI is InChI=1S/C18H18N4O5/c1-12-3-2-4-14(9-12)20-17(24)7-8-18(25)21-19-11-13-10-15(22(26)27)5-6-16(13)23/h2-6,9-11,23H,7-8H2,1H3,(H,20,24)(H,21,25)/b19-11-. The molecule has 0 unspecified atom stereocenters. The van der Waals surface area contributed by atoms with Crippen LogP contribution in [-0.4, -0.2) is 28.1 Å². The van der Waals surface area contributed by atoms with Crippen LogP contribution >= 0.6 is 0 Å². The fraction of sp³-hybridized carbons (Fsp3) is 0.167. The molecule has 2 rings (SSSR count). The van der Waals surface area contributed by atoms with Crippen LogP contribution in [0.3, 0.4) is 0 Å². The molecule has 0 aliphatic heterocycles. The van der Waals surface area contributed by atoms with Crippen LogP contribution in [0.15, 0.2) is 47.6 Å². The molecule has 0 spiro atoms. The van der Waals surface area contributed by atoms with Crippen LogP contribution in [0.2, 0.25) is 0 Å². The van der Waals surface area contributed by atoms with E-state index < -0.39 is 10.8 Å². The molecule has 0 atom stereocenters. The topological polar surface area (TPSA) is 134 Å². The van der Waals surface area contributed by atoms with E-state index in [4.69, 9.17) is 0 Å². The van der Waals surface area contributed by atoms with Crippen molar-refractivity contribution < 1.29 is 19.6 Å². The Balaban J connectivity index is 1.82. The van der Waals surface area contributed by atoms with E-state index in [1.165, 1.54) is 0 Å². The monoisotopic (exact) mass is 370 g/mol. The SMILES string of the molecule is Cc1cccc(NC(=O)CCC(=O)N/N=C\c2cc([N+](=O)[O-])ccc2O)c1. The van der Waals surface area contributed by atoms with Gasteiger partial charge in [0.05, 0.1) is 11.1 Å². The number of nitrogens with one attached hydrogen (secondary N) is 2. The molecule has 0 bridgehead atoms. The van der Waals surface area contributed by atoms with Crippen molar-refractivity contribution in [2.45, 2.75) is 19.8 Å². The first-order valence-corrected chi connectivity index (χ1v) is 8.01. The second-order valence-electron chi connectivity index (χ2n) is 5.71. The molecule has 0 aromatic heterocycles. The first-order chi connectivity index (χ1) is 12.8. The number of carbonyl (C=O) groups excluding carboxylic acids is 2. The first kappa shape index (κ1) is 19.6. The van der Waals surface area contributed by atoms with Crippen molar-refractivity contribution in [1.29, 1.82) is 0 Å². The first-order valence-electron chi connectivity index (χ1n) is 8.01. The van der Waals surface area contributed by atoms with E-state index in [2.05, 4.69) is 15.8 Å². The molecule has 2 aromatic rings. The largest absolute Gasteiger partial charge is 0.507 e. The fourth-order valence-corrected chi connectivity index (χ4v) is 2.16. The lowest BCUT2D eigenvalue weighted by molar-refractivity contribution is -0.384. The number of phenolic OH excluding ortho intramolecular Hbond substituents is 1. The number of carbonyl (C=O) groups is 2. The van der Waals surface area contributed by atoms with Gasteiger partial charge < -0.3 is 10.4 Å². The second kappa shape index (κ2) is 9.09. The Morgan fingerprint density at radius 3 is 2.63 bits per heavy atom. The van der Waals surface area contributed by atoms with Crippen molar-refractivity contribution in [1.82, 2.24) is 5.43 Å². The summed E-state index contributed by atoms with van der Waals surface area (Å²) in [6.07, 6.45) is 0.973. The number of phenols is 1. The summed E-state index contributed by atoms with van der Waals surface area (Å²) in [6, 6.07) is 10.7. The van der Waals surface area contributed by atoms with Gasteiger partial charge in [0.15, 0.2) is 0 Å². The molecule has 2 aromatic carbocycles. The molecule has 0 fully saturated rings. The third-order valence-corrected chi connectivity index (χ3v) is 3.50. The van der Waals surface area contributed by atoms with Gasteiger partial charge in [-0.05, 0) is 30.7 Å². The summed E-state index contributed by atoms with van der Waals surface area (Å²) in [4.78, 5) is 33.7. The molecule has 9 heteroatoms. The van der Waals surface area contributed by atoms with Crippen molar-refractivity contribution in [2.24, 2.45) is 5.10 Å². The van der Waals surface area contributed by atoms with E-state index in [0.29, 0.717) is 5.69 Å². The van der Waals surface area contributed by atoms with Crippen LogP contribution in [0.25, 0.3) is 0 Å². The molecule has 0 radical (unpaired) electrons. The Morgan fingerprint density at radius 2 is 1.93 bits per heavy atom. The molecular formula is C18H18N4O5. The Labute approximate surface area is 154 Å². The molecule has 9 nitrogen and oxygen atoms in total. The fourth-order valence-electron chi connectivity index (χ4n) is 2.16. The molecule has 27 heavy (non-hydrogen) atoms. The Hall–Kier alpha value is -3.75. The number of hydrazone groups is 1. The second-order valence-corrected chi connectivity index (χ2v) is 5.71. The highest BCUT2D eigenvalue weighted by Gasteiger charge is 2.09. The van der Waals surface area contributed by atoms with Crippen molar-refractivity contribution in [3.8, 4) is 5.75 Å². The zero-order valence-corrected chi connectivity index (χ0v) is 14.5. The van der Waals surface area contributed by atoms with Gasteiger partial charge in [0.25, 0.3) is 5.69 Å². The number of aryl methyl sites for hydroxylation is 1. The number of hydrogen-bond acceptors (Lipinski definition) is 6. The zero-order valence-electron chi connectivity index (χ0n) is 14.5. The van der Waals surface area contributed by atoms with Gasteiger partial charge in [-0.3, -0.25) is 19.7 Å². The summed E-state index contributed by atoms with van der Waals surface area (Å²) >= 11 is 0. The van der Waals surface area contributed by atoms with Crippen molar-refractivity contribution in [3.63, 3.8) is 0 Å². The summed E-state index contributed by atoms with van der Waals surface area (Å²) in [7, 11) is 0. The molecule has 140 valence electrons. The van der Waals surface area contributed by atoms with E-state index in [9.17, 15) is 24.8 Å². The van der Waals surface area contributed by atoms with E-state index in [0.717, 1.165) is 30.0 Å². The molecule has 3 N–H and O–H groups in total. The molecule has 2 amide bonds. The third-order valence-electron chi connectivity index (χ3n) is 3.50. The number of nitro groups is 1. The number of aromatic hydroxyl groups is 1. The van der Waals surface area contributed by atoms with Crippen LogP contribution in [0.4, 0.5) is 11.4 Å². The number of anilines is 1. The molecule has 0 saturated carbocycles. The Kier molecular flexibility index (Phi) is 6.59. The van der Waals surface area contributed by atoms with E-state index in [1.54, 1.807) is 6.07 Å². The van der Waals surface area contributed by atoms with Crippen LogP contribution in [0.5, 0.6) is 5.75 Å². The molecule has 0 heterocycles. The minimum absolute atomic E-state index is 0.0304. The van der Waals surface area contributed by atoms with Crippen LogP contribution < -0.4 is 10.7 Å². The van der Waals surface area contributed by atoms with Gasteiger partial charge in [0.2, 0.25) is 11.8 Å². The summed E-state index contributed by atoms with van der Waals surface area (Å²) in [5.74, 6) is -1.03. The number of rotatable bonds is 7. The third kappa shape index (κ3) is 6.24. The molecule has 0 saturated heterocycles. The minimum Gasteiger partial charge on any atom is -0.507 e. The number of hydrogen-bond donors (Lipinski definition) is 3. The van der Waals surface area contributed by atoms with Gasteiger partial charge in [-0.25, -0.2) is 5.43 Å². The summed E-state index contributed by atoms with van der Waals surface area (Å²) in [5, 5.41) is 26.7. The van der Waals surface area contributed by atoms with Crippen molar-refractivity contribution in [3.05, 3.63) is 63.7 Å². The lowest BCUT2D eigenvalue weighted by Gasteiger charge is -2.05. The predicted octanol–water partition coefficient (Wildman–Crippen LogP) is 2.48. The molecule has 0 aliphatic rings. The average Bonchev–Trinajstić information content (AvgIpc) is 2.61. The number of non-ortho nitro benzene ring substituents is 1. The van der Waals surface area contributed by atoms with Crippen LogP contribution in [0, 0.1) is 17.0 Å². The van der Waals surface area contributed by atoms with Gasteiger partial charge >= 0.3 is 0 Å². The van der Waals surface area contributed by atoms with E-state index >= 15 is 0 Å². The van der Waals surface area contributed by atoms with Gasteiger partial charge in [0.1, 0.15) is 5.75 Å². The quantitative estimate of drug-likeness (QED) is 0.391. The maximum absolute atomic E-state index is 11.8. The molecular weight excluding hydrogens is 352 g/mol. The van der Waals surface area contributed by atoms with E-state index in [1.807, 2.05) is 25.1 Å². The van der Waals surface area contributed by atoms with Gasteiger partial charge in [-0.15, -0.1) is 0 Å².